The van der Waals surface area contributed by atoms with Crippen LogP contribution in [0.25, 0.3) is 6.08 Å². The molecule has 4 rings (SSSR count). The molecule has 0 saturated heterocycles. The van der Waals surface area contributed by atoms with Crippen LogP contribution in [0.2, 0.25) is 0 Å². The molecule has 1 unspecified atom stereocenters. The van der Waals surface area contributed by atoms with Crippen molar-refractivity contribution in [3.8, 4) is 23.0 Å². The summed E-state index contributed by atoms with van der Waals surface area (Å²) < 4.78 is 28.6. The Kier molecular flexibility index (Phi) is 8.20. The Balaban J connectivity index is 1.95. The highest BCUT2D eigenvalue weighted by atomic mass is 32.1. The van der Waals surface area contributed by atoms with Crippen LogP contribution in [-0.4, -0.2) is 44.4 Å². The zero-order valence-electron chi connectivity index (χ0n) is 22.4. The van der Waals surface area contributed by atoms with Crippen molar-refractivity contribution in [1.29, 1.82) is 0 Å². The predicted molar refractivity (Wildman–Crippen MR) is 144 cm³/mol. The van der Waals surface area contributed by atoms with Crippen LogP contribution in [0.3, 0.4) is 0 Å². The second-order valence-electron chi connectivity index (χ2n) is 8.41. The number of allylic oxidation sites excluding steroid dienone is 1. The van der Waals surface area contributed by atoms with Gasteiger partial charge in [-0.3, -0.25) is 14.2 Å². The number of nitrogens with zero attached hydrogens (tertiary/aromatic N) is 2. The van der Waals surface area contributed by atoms with Gasteiger partial charge < -0.3 is 23.7 Å². The number of carbonyl (C=O) groups is 2. The Labute approximate surface area is 228 Å². The molecule has 0 radical (unpaired) electrons. The van der Waals surface area contributed by atoms with Crippen molar-refractivity contribution in [2.45, 2.75) is 26.8 Å². The lowest BCUT2D eigenvalue weighted by Crippen LogP contribution is -2.40. The first-order valence-electron chi connectivity index (χ1n) is 12.0. The quantitative estimate of drug-likeness (QED) is 0.310. The number of hydrogen-bond acceptors (Lipinski definition) is 10. The predicted octanol–water partition coefficient (Wildman–Crippen LogP) is 2.75. The number of esters is 2. The van der Waals surface area contributed by atoms with Gasteiger partial charge in [-0.25, -0.2) is 9.79 Å². The van der Waals surface area contributed by atoms with E-state index < -0.39 is 18.0 Å². The first-order valence-corrected chi connectivity index (χ1v) is 12.8. The molecule has 0 N–H and O–H groups in total. The minimum absolute atomic E-state index is 0.152. The van der Waals surface area contributed by atoms with E-state index in [-0.39, 0.29) is 29.2 Å². The Morgan fingerprint density at radius 1 is 1.03 bits per heavy atom. The Bertz CT molecular complexity index is 1650. The smallest absolute Gasteiger partial charge is 0.338 e. The van der Waals surface area contributed by atoms with Crippen molar-refractivity contribution in [2.75, 3.05) is 27.9 Å². The molecule has 2 heterocycles. The molecular weight excluding hydrogens is 524 g/mol. The first kappa shape index (κ1) is 27.6. The van der Waals surface area contributed by atoms with Crippen molar-refractivity contribution in [2.24, 2.45) is 4.99 Å². The zero-order chi connectivity index (χ0) is 28.3. The minimum atomic E-state index is -0.861. The highest BCUT2D eigenvalue weighted by molar-refractivity contribution is 7.07. The molecule has 0 aliphatic carbocycles. The fraction of sp³-hybridized carbons (Fsp3) is 0.286. The van der Waals surface area contributed by atoms with Gasteiger partial charge in [-0.05, 0) is 49.8 Å². The summed E-state index contributed by atoms with van der Waals surface area (Å²) in [5.74, 6) is 0.540. The number of benzene rings is 2. The normalized spacial score (nSPS) is 14.8. The molecule has 0 fully saturated rings. The van der Waals surface area contributed by atoms with E-state index in [1.54, 1.807) is 63.4 Å². The second kappa shape index (κ2) is 11.6. The van der Waals surface area contributed by atoms with Crippen molar-refractivity contribution < 1.29 is 33.3 Å². The molecule has 1 atom stereocenters. The number of fused-ring (bicyclic) bond motifs is 1. The highest BCUT2D eigenvalue weighted by Crippen LogP contribution is 2.36. The number of ether oxygens (including phenoxy) is 5. The fourth-order valence-corrected chi connectivity index (χ4v) is 5.32. The SMILES string of the molecule is CCOC(=O)C1=C(C)N=c2s/c(=C\c3ccc(OC)cc3OC)c(=O)n2C1c1ccc(OC(C)=O)c(OC)c1. The lowest BCUT2D eigenvalue weighted by atomic mass is 9.95. The van der Waals surface area contributed by atoms with E-state index in [0.29, 0.717) is 37.7 Å². The maximum Gasteiger partial charge on any atom is 0.338 e. The van der Waals surface area contributed by atoms with Crippen molar-refractivity contribution >= 4 is 29.4 Å². The van der Waals surface area contributed by atoms with Crippen LogP contribution in [0.4, 0.5) is 0 Å². The van der Waals surface area contributed by atoms with E-state index >= 15 is 0 Å². The van der Waals surface area contributed by atoms with Crippen molar-refractivity contribution in [3.63, 3.8) is 0 Å². The van der Waals surface area contributed by atoms with Gasteiger partial charge in [0.2, 0.25) is 0 Å². The number of hydrogen-bond donors (Lipinski definition) is 0. The van der Waals surface area contributed by atoms with Crippen LogP contribution >= 0.6 is 11.3 Å². The van der Waals surface area contributed by atoms with Crippen LogP contribution in [0.5, 0.6) is 23.0 Å². The maximum atomic E-state index is 13.9. The standard InChI is InChI=1S/C28H28N2O8S/c1-7-37-27(33)24-15(2)29-28-30(25(24)18-9-11-20(38-16(3)31)22(12-18)36-6)26(32)23(39-28)13-17-8-10-19(34-4)14-21(17)35-5/h8-14,25H,7H2,1-6H3/b23-13-. The number of carbonyl (C=O) groups excluding carboxylic acids is 2. The van der Waals surface area contributed by atoms with Crippen molar-refractivity contribution in [1.82, 2.24) is 4.57 Å². The van der Waals surface area contributed by atoms with E-state index in [1.807, 2.05) is 0 Å². The molecule has 0 amide bonds. The van der Waals surface area contributed by atoms with Gasteiger partial charge in [0.05, 0.1) is 49.8 Å². The average molecular weight is 553 g/mol. The number of thiazole rings is 1. The monoisotopic (exact) mass is 552 g/mol. The summed E-state index contributed by atoms with van der Waals surface area (Å²) in [6.45, 7) is 4.84. The van der Waals surface area contributed by atoms with Gasteiger partial charge in [0.1, 0.15) is 11.5 Å². The molecule has 1 aliphatic heterocycles. The van der Waals surface area contributed by atoms with Gasteiger partial charge >= 0.3 is 11.9 Å². The molecule has 0 bridgehead atoms. The molecular formula is C28H28N2O8S. The lowest BCUT2D eigenvalue weighted by Gasteiger charge is -2.25. The van der Waals surface area contributed by atoms with Gasteiger partial charge in [-0.2, -0.15) is 0 Å². The Morgan fingerprint density at radius 2 is 1.77 bits per heavy atom. The Hall–Kier alpha value is -4.38. The molecule has 0 saturated carbocycles. The van der Waals surface area contributed by atoms with Crippen LogP contribution in [0.15, 0.2) is 57.5 Å². The first-order chi connectivity index (χ1) is 18.7. The van der Waals surface area contributed by atoms with E-state index in [4.69, 9.17) is 23.7 Å². The summed E-state index contributed by atoms with van der Waals surface area (Å²) in [5, 5.41) is 0. The van der Waals surface area contributed by atoms with E-state index in [0.717, 1.165) is 0 Å². The molecule has 3 aromatic rings. The number of rotatable bonds is 8. The fourth-order valence-electron chi connectivity index (χ4n) is 4.28. The third-order valence-electron chi connectivity index (χ3n) is 6.00. The summed E-state index contributed by atoms with van der Waals surface area (Å²) in [6.07, 6.45) is 1.72. The van der Waals surface area contributed by atoms with Crippen molar-refractivity contribution in [3.05, 3.63) is 78.5 Å². The third kappa shape index (κ3) is 5.44. The van der Waals surface area contributed by atoms with E-state index in [1.165, 1.54) is 37.0 Å². The van der Waals surface area contributed by atoms with Crippen LogP contribution in [-0.2, 0) is 14.3 Å². The molecule has 1 aromatic heterocycles. The lowest BCUT2D eigenvalue weighted by molar-refractivity contribution is -0.139. The topological polar surface area (TPSA) is 115 Å². The van der Waals surface area contributed by atoms with E-state index in [2.05, 4.69) is 4.99 Å². The number of methoxy groups -OCH3 is 3. The summed E-state index contributed by atoms with van der Waals surface area (Å²) in [4.78, 5) is 43.5. The molecule has 39 heavy (non-hydrogen) atoms. The van der Waals surface area contributed by atoms with Crippen LogP contribution in [0, 0.1) is 0 Å². The third-order valence-corrected chi connectivity index (χ3v) is 6.98. The van der Waals surface area contributed by atoms with Gasteiger partial charge in [-0.1, -0.05) is 17.4 Å². The largest absolute Gasteiger partial charge is 0.497 e. The maximum absolute atomic E-state index is 13.9. The summed E-state index contributed by atoms with van der Waals surface area (Å²) >= 11 is 1.19. The minimum Gasteiger partial charge on any atom is -0.497 e. The number of aromatic nitrogens is 1. The zero-order valence-corrected chi connectivity index (χ0v) is 23.2. The molecule has 11 heteroatoms. The molecule has 1 aliphatic rings. The summed E-state index contributed by atoms with van der Waals surface area (Å²) in [5.41, 5.74) is 1.53. The molecule has 2 aromatic carbocycles. The Morgan fingerprint density at radius 3 is 2.41 bits per heavy atom. The average Bonchev–Trinajstić information content (AvgIpc) is 3.22. The van der Waals surface area contributed by atoms with Gasteiger partial charge in [-0.15, -0.1) is 0 Å². The summed E-state index contributed by atoms with van der Waals surface area (Å²) in [7, 11) is 4.53. The van der Waals surface area contributed by atoms with Gasteiger partial charge in [0.25, 0.3) is 5.56 Å². The van der Waals surface area contributed by atoms with Crippen LogP contribution < -0.4 is 33.8 Å². The van der Waals surface area contributed by atoms with E-state index in [9.17, 15) is 14.4 Å². The van der Waals surface area contributed by atoms with Gasteiger partial charge in [0.15, 0.2) is 16.3 Å². The summed E-state index contributed by atoms with van der Waals surface area (Å²) in [6, 6.07) is 9.30. The van der Waals surface area contributed by atoms with Gasteiger partial charge in [0, 0.05) is 18.6 Å². The highest BCUT2D eigenvalue weighted by Gasteiger charge is 2.34. The molecule has 10 nitrogen and oxygen atoms in total. The second-order valence-corrected chi connectivity index (χ2v) is 9.42. The van der Waals surface area contributed by atoms with Crippen LogP contribution in [0.1, 0.15) is 37.9 Å². The molecule has 204 valence electrons. The molecule has 0 spiro atoms.